The van der Waals surface area contributed by atoms with Gasteiger partial charge in [0.15, 0.2) is 0 Å². The fourth-order valence-electron chi connectivity index (χ4n) is 1.88. The van der Waals surface area contributed by atoms with Crippen molar-refractivity contribution in [2.45, 2.75) is 23.0 Å². The fourth-order valence-corrected chi connectivity index (χ4v) is 4.25. The Hall–Kier alpha value is -1.07. The molecule has 1 saturated heterocycles. The van der Waals surface area contributed by atoms with E-state index < -0.39 is 10.0 Å². The average Bonchev–Trinajstić information content (AvgIpc) is 2.97. The standard InChI is InChI=1S/C13H17N3O2S2/c14-5-1-3-11-7-13(10-15-8-11)20(17,18)16-9-12-4-2-6-19-12/h7-8,10,12,16H,2,4-6,9,14H2. The van der Waals surface area contributed by atoms with Crippen LogP contribution in [-0.4, -0.2) is 37.5 Å². The van der Waals surface area contributed by atoms with E-state index in [1.807, 2.05) is 11.8 Å². The maximum absolute atomic E-state index is 12.2. The molecule has 2 rings (SSSR count). The summed E-state index contributed by atoms with van der Waals surface area (Å²) >= 11 is 1.81. The smallest absolute Gasteiger partial charge is 0.242 e. The molecule has 0 spiro atoms. The second-order valence-corrected chi connectivity index (χ2v) is 7.58. The summed E-state index contributed by atoms with van der Waals surface area (Å²) in [5, 5.41) is 0.373. The summed E-state index contributed by atoms with van der Waals surface area (Å²) in [5.41, 5.74) is 5.84. The van der Waals surface area contributed by atoms with Gasteiger partial charge in [-0.15, -0.1) is 0 Å². The van der Waals surface area contributed by atoms with Crippen LogP contribution in [0.3, 0.4) is 0 Å². The van der Waals surface area contributed by atoms with E-state index in [9.17, 15) is 8.42 Å². The number of thioether (sulfide) groups is 1. The van der Waals surface area contributed by atoms with Gasteiger partial charge in [0, 0.05) is 29.8 Å². The van der Waals surface area contributed by atoms with Crippen LogP contribution < -0.4 is 10.5 Å². The highest BCUT2D eigenvalue weighted by atomic mass is 32.2. The molecule has 2 heterocycles. The number of aromatic nitrogens is 1. The van der Waals surface area contributed by atoms with Crippen molar-refractivity contribution in [3.05, 3.63) is 24.0 Å². The molecule has 0 bridgehead atoms. The molecule has 3 N–H and O–H groups in total. The van der Waals surface area contributed by atoms with Gasteiger partial charge >= 0.3 is 0 Å². The minimum absolute atomic E-state index is 0.143. The van der Waals surface area contributed by atoms with Gasteiger partial charge in [0.25, 0.3) is 0 Å². The number of sulfonamides is 1. The summed E-state index contributed by atoms with van der Waals surface area (Å²) in [7, 11) is -3.52. The summed E-state index contributed by atoms with van der Waals surface area (Å²) in [5.74, 6) is 6.57. The molecule has 5 nitrogen and oxygen atoms in total. The number of pyridine rings is 1. The SMILES string of the molecule is NCC#Cc1cncc(S(=O)(=O)NCC2CCCS2)c1. The van der Waals surface area contributed by atoms with Crippen LogP contribution in [0.15, 0.2) is 23.4 Å². The molecule has 1 unspecified atom stereocenters. The second kappa shape index (κ2) is 7.09. The number of nitrogens with two attached hydrogens (primary N) is 1. The van der Waals surface area contributed by atoms with Gasteiger partial charge in [-0.1, -0.05) is 11.8 Å². The number of nitrogens with zero attached hydrogens (tertiary/aromatic N) is 1. The quantitative estimate of drug-likeness (QED) is 0.794. The minimum atomic E-state index is -3.52. The molecule has 0 saturated carbocycles. The Morgan fingerprint density at radius 3 is 3.05 bits per heavy atom. The molecule has 1 aromatic rings. The van der Waals surface area contributed by atoms with Crippen LogP contribution in [0, 0.1) is 11.8 Å². The van der Waals surface area contributed by atoms with Gasteiger partial charge < -0.3 is 5.73 Å². The number of rotatable bonds is 4. The molecule has 1 atom stereocenters. The maximum Gasteiger partial charge on any atom is 0.242 e. The molecule has 7 heteroatoms. The zero-order valence-corrected chi connectivity index (χ0v) is 12.6. The van der Waals surface area contributed by atoms with Crippen molar-refractivity contribution < 1.29 is 8.42 Å². The molecule has 0 amide bonds. The van der Waals surface area contributed by atoms with Gasteiger partial charge in [0.2, 0.25) is 10.0 Å². The van der Waals surface area contributed by atoms with Gasteiger partial charge in [-0.05, 0) is 24.7 Å². The lowest BCUT2D eigenvalue weighted by molar-refractivity contribution is 0.578. The number of nitrogens with one attached hydrogen (secondary N) is 1. The molecule has 108 valence electrons. The molecule has 0 radical (unpaired) electrons. The van der Waals surface area contributed by atoms with E-state index in [2.05, 4.69) is 21.5 Å². The first-order valence-corrected chi connectivity index (χ1v) is 8.90. The Bertz CT molecular complexity index is 614. The topological polar surface area (TPSA) is 85.1 Å². The Morgan fingerprint density at radius 1 is 1.50 bits per heavy atom. The van der Waals surface area contributed by atoms with Crippen LogP contribution in [0.4, 0.5) is 0 Å². The third-order valence-corrected chi connectivity index (χ3v) is 5.67. The highest BCUT2D eigenvalue weighted by molar-refractivity contribution is 8.00. The third-order valence-electron chi connectivity index (χ3n) is 2.88. The van der Waals surface area contributed by atoms with Crippen molar-refractivity contribution in [2.75, 3.05) is 18.8 Å². The molecular weight excluding hydrogens is 294 g/mol. The van der Waals surface area contributed by atoms with Gasteiger partial charge in [0.1, 0.15) is 4.90 Å². The van der Waals surface area contributed by atoms with E-state index in [1.165, 1.54) is 18.5 Å². The van der Waals surface area contributed by atoms with Gasteiger partial charge in [-0.25, -0.2) is 13.1 Å². The van der Waals surface area contributed by atoms with Crippen LogP contribution in [0.1, 0.15) is 18.4 Å². The van der Waals surface area contributed by atoms with E-state index in [0.717, 1.165) is 18.6 Å². The first-order chi connectivity index (χ1) is 9.62. The Labute approximate surface area is 123 Å². The zero-order chi connectivity index (χ0) is 14.4. The van der Waals surface area contributed by atoms with E-state index in [-0.39, 0.29) is 11.4 Å². The molecule has 0 aromatic carbocycles. The van der Waals surface area contributed by atoms with Crippen molar-refractivity contribution in [1.82, 2.24) is 9.71 Å². The minimum Gasteiger partial charge on any atom is -0.320 e. The van der Waals surface area contributed by atoms with Gasteiger partial charge in [-0.2, -0.15) is 11.8 Å². The molecule has 1 aromatic heterocycles. The van der Waals surface area contributed by atoms with Gasteiger partial charge in [-0.3, -0.25) is 4.98 Å². The molecular formula is C13H17N3O2S2. The van der Waals surface area contributed by atoms with Crippen LogP contribution in [-0.2, 0) is 10.0 Å². The molecule has 1 aliphatic heterocycles. The summed E-state index contributed by atoms with van der Waals surface area (Å²) in [6, 6.07) is 1.51. The predicted octanol–water partition coefficient (Wildman–Crippen LogP) is 0.566. The van der Waals surface area contributed by atoms with Crippen molar-refractivity contribution in [1.29, 1.82) is 0 Å². The summed E-state index contributed by atoms with van der Waals surface area (Å²) < 4.78 is 27.0. The van der Waals surface area contributed by atoms with Crippen molar-refractivity contribution in [3.63, 3.8) is 0 Å². The van der Waals surface area contributed by atoms with Crippen LogP contribution >= 0.6 is 11.8 Å². The van der Waals surface area contributed by atoms with Gasteiger partial charge in [0.05, 0.1) is 6.54 Å². The van der Waals surface area contributed by atoms with Crippen LogP contribution in [0.5, 0.6) is 0 Å². The number of hydrogen-bond donors (Lipinski definition) is 2. The lowest BCUT2D eigenvalue weighted by Crippen LogP contribution is -2.30. The second-order valence-electron chi connectivity index (χ2n) is 4.40. The lowest BCUT2D eigenvalue weighted by atomic mass is 10.2. The molecule has 1 aliphatic rings. The Kier molecular flexibility index (Phi) is 5.43. The normalized spacial score (nSPS) is 18.6. The number of hydrogen-bond acceptors (Lipinski definition) is 5. The first kappa shape index (κ1) is 15.3. The van der Waals surface area contributed by atoms with Crippen molar-refractivity contribution in [3.8, 4) is 11.8 Å². The van der Waals surface area contributed by atoms with E-state index in [0.29, 0.717) is 17.4 Å². The molecule has 20 heavy (non-hydrogen) atoms. The summed E-state index contributed by atoms with van der Waals surface area (Å²) in [4.78, 5) is 4.06. The van der Waals surface area contributed by atoms with E-state index >= 15 is 0 Å². The van der Waals surface area contributed by atoms with Crippen molar-refractivity contribution in [2.24, 2.45) is 5.73 Å². The molecule has 1 fully saturated rings. The van der Waals surface area contributed by atoms with E-state index in [4.69, 9.17) is 5.73 Å². The van der Waals surface area contributed by atoms with Crippen LogP contribution in [0.2, 0.25) is 0 Å². The Morgan fingerprint density at radius 2 is 2.35 bits per heavy atom. The fraction of sp³-hybridized carbons (Fsp3) is 0.462. The highest BCUT2D eigenvalue weighted by Crippen LogP contribution is 2.25. The Balaban J connectivity index is 2.08. The molecule has 0 aliphatic carbocycles. The monoisotopic (exact) mass is 311 g/mol. The third kappa shape index (κ3) is 4.21. The lowest BCUT2D eigenvalue weighted by Gasteiger charge is -2.10. The zero-order valence-electron chi connectivity index (χ0n) is 11.0. The van der Waals surface area contributed by atoms with Crippen LogP contribution in [0.25, 0.3) is 0 Å². The summed E-state index contributed by atoms with van der Waals surface area (Å²) in [6.07, 6.45) is 5.07. The summed E-state index contributed by atoms with van der Waals surface area (Å²) in [6.45, 7) is 0.694. The maximum atomic E-state index is 12.2. The first-order valence-electron chi connectivity index (χ1n) is 6.37. The average molecular weight is 311 g/mol. The van der Waals surface area contributed by atoms with E-state index in [1.54, 1.807) is 0 Å². The largest absolute Gasteiger partial charge is 0.320 e. The van der Waals surface area contributed by atoms with Crippen molar-refractivity contribution >= 4 is 21.8 Å². The highest BCUT2D eigenvalue weighted by Gasteiger charge is 2.20. The predicted molar refractivity (Wildman–Crippen MR) is 80.8 cm³/mol.